The van der Waals surface area contributed by atoms with Crippen LogP contribution in [0.4, 0.5) is 0 Å². The fourth-order valence-electron chi connectivity index (χ4n) is 2.79. The van der Waals surface area contributed by atoms with Crippen molar-refractivity contribution in [2.45, 2.75) is 40.4 Å². The van der Waals surface area contributed by atoms with Crippen LogP contribution in [0.5, 0.6) is 0 Å². The lowest BCUT2D eigenvalue weighted by atomic mass is 10.2. The Labute approximate surface area is 193 Å². The van der Waals surface area contributed by atoms with Crippen molar-refractivity contribution in [3.05, 3.63) is 38.9 Å². The fourth-order valence-corrected chi connectivity index (χ4v) is 3.21. The summed E-state index contributed by atoms with van der Waals surface area (Å²) in [5.41, 5.74) is 4.22. The molecule has 0 amide bonds. The van der Waals surface area contributed by atoms with E-state index in [-0.39, 0.29) is 24.0 Å². The van der Waals surface area contributed by atoms with Crippen LogP contribution in [0, 0.1) is 13.8 Å². The molecule has 2 aromatic heterocycles. The Morgan fingerprint density at radius 1 is 1.29 bits per heavy atom. The minimum atomic E-state index is 0. The zero-order chi connectivity index (χ0) is 20.0. The van der Waals surface area contributed by atoms with Gasteiger partial charge in [0.15, 0.2) is 5.96 Å². The van der Waals surface area contributed by atoms with Gasteiger partial charge in [0.25, 0.3) is 0 Å². The zero-order valence-electron chi connectivity index (χ0n) is 17.0. The summed E-state index contributed by atoms with van der Waals surface area (Å²) in [6, 6.07) is 1.86. The standard InChI is InChI=1S/C18H28Cl2N6O.HI/c1-6-21-18(22-10-14-9-16(19)17(20)25(14)4)23-11-15-12(2)24-26(13(15)3)7-8-27-5;/h9H,6-8,10-11H2,1-5H3,(H2,21,22,23);1H. The lowest BCUT2D eigenvalue weighted by Crippen LogP contribution is -2.37. The van der Waals surface area contributed by atoms with Gasteiger partial charge in [0.2, 0.25) is 0 Å². The monoisotopic (exact) mass is 542 g/mol. The van der Waals surface area contributed by atoms with Crippen molar-refractivity contribution < 1.29 is 4.74 Å². The molecule has 0 saturated heterocycles. The Kier molecular flexibility index (Phi) is 10.6. The molecule has 2 rings (SSSR count). The molecule has 10 heteroatoms. The first-order chi connectivity index (χ1) is 12.9. The molecule has 2 N–H and O–H groups in total. The number of nitrogens with zero attached hydrogens (tertiary/aromatic N) is 4. The maximum absolute atomic E-state index is 6.13. The number of halogens is 3. The maximum Gasteiger partial charge on any atom is 0.191 e. The lowest BCUT2D eigenvalue weighted by Gasteiger charge is -2.12. The van der Waals surface area contributed by atoms with Crippen LogP contribution in [0.1, 0.15) is 29.6 Å². The van der Waals surface area contributed by atoms with E-state index < -0.39 is 0 Å². The normalized spacial score (nSPS) is 11.5. The van der Waals surface area contributed by atoms with Gasteiger partial charge in [-0.25, -0.2) is 4.99 Å². The van der Waals surface area contributed by atoms with Gasteiger partial charge in [0.05, 0.1) is 37.0 Å². The average Bonchev–Trinajstić information content (AvgIpc) is 3.05. The fraction of sp³-hybridized carbons (Fsp3) is 0.556. The molecule has 2 aromatic rings. The Morgan fingerprint density at radius 3 is 2.57 bits per heavy atom. The van der Waals surface area contributed by atoms with Crippen molar-refractivity contribution >= 4 is 53.1 Å². The summed E-state index contributed by atoms with van der Waals surface area (Å²) in [6.45, 7) is 9.37. The predicted molar refractivity (Wildman–Crippen MR) is 126 cm³/mol. The summed E-state index contributed by atoms with van der Waals surface area (Å²) in [7, 11) is 3.58. The van der Waals surface area contributed by atoms with Crippen molar-refractivity contribution in [1.82, 2.24) is 25.0 Å². The molecule has 7 nitrogen and oxygen atoms in total. The van der Waals surface area contributed by atoms with Gasteiger partial charge in [-0.3, -0.25) is 4.68 Å². The quantitative estimate of drug-likeness (QED) is 0.303. The summed E-state index contributed by atoms with van der Waals surface area (Å²) >= 11 is 12.2. The van der Waals surface area contributed by atoms with Crippen LogP contribution in [-0.2, 0) is 31.4 Å². The molecule has 28 heavy (non-hydrogen) atoms. The van der Waals surface area contributed by atoms with Crippen molar-refractivity contribution in [1.29, 1.82) is 0 Å². The number of nitrogens with one attached hydrogen (secondary N) is 2. The molecule has 0 bridgehead atoms. The molecule has 0 spiro atoms. The van der Waals surface area contributed by atoms with Gasteiger partial charge in [-0.2, -0.15) is 5.10 Å². The second-order valence-corrected chi connectivity index (χ2v) is 7.01. The number of guanidine groups is 1. The lowest BCUT2D eigenvalue weighted by molar-refractivity contribution is 0.182. The molecule has 0 aliphatic carbocycles. The van der Waals surface area contributed by atoms with E-state index in [2.05, 4.69) is 22.7 Å². The first kappa shape index (κ1) is 25.1. The number of ether oxygens (including phenoxy) is 1. The van der Waals surface area contributed by atoms with Gasteiger partial charge in [-0.1, -0.05) is 23.2 Å². The number of methoxy groups -OCH3 is 1. The largest absolute Gasteiger partial charge is 0.383 e. The van der Waals surface area contributed by atoms with E-state index >= 15 is 0 Å². The number of aryl methyl sites for hydroxylation is 1. The topological polar surface area (TPSA) is 68.4 Å². The second kappa shape index (κ2) is 11.9. The van der Waals surface area contributed by atoms with Crippen LogP contribution in [0.2, 0.25) is 10.2 Å². The van der Waals surface area contributed by atoms with Crippen LogP contribution in [0.15, 0.2) is 11.1 Å². The van der Waals surface area contributed by atoms with Crippen LogP contribution in [-0.4, -0.2) is 40.6 Å². The highest BCUT2D eigenvalue weighted by Gasteiger charge is 2.12. The summed E-state index contributed by atoms with van der Waals surface area (Å²) in [5, 5.41) is 12.2. The third-order valence-electron chi connectivity index (χ3n) is 4.43. The van der Waals surface area contributed by atoms with E-state index in [0.717, 1.165) is 41.7 Å². The van der Waals surface area contributed by atoms with Crippen molar-refractivity contribution in [2.75, 3.05) is 20.3 Å². The van der Waals surface area contributed by atoms with E-state index in [1.54, 1.807) is 7.11 Å². The van der Waals surface area contributed by atoms with Crippen LogP contribution < -0.4 is 10.6 Å². The molecule has 0 radical (unpaired) electrons. The van der Waals surface area contributed by atoms with E-state index in [1.165, 1.54) is 0 Å². The molecular weight excluding hydrogens is 514 g/mol. The minimum Gasteiger partial charge on any atom is -0.383 e. The summed E-state index contributed by atoms with van der Waals surface area (Å²) in [4.78, 5) is 4.71. The average molecular weight is 543 g/mol. The predicted octanol–water partition coefficient (Wildman–Crippen LogP) is 3.66. The van der Waals surface area contributed by atoms with Gasteiger partial charge in [0.1, 0.15) is 5.15 Å². The summed E-state index contributed by atoms with van der Waals surface area (Å²) in [5.74, 6) is 0.731. The number of hydrogen-bond donors (Lipinski definition) is 2. The molecule has 2 heterocycles. The highest BCUT2D eigenvalue weighted by atomic mass is 127. The molecule has 0 saturated carbocycles. The summed E-state index contributed by atoms with van der Waals surface area (Å²) in [6.07, 6.45) is 0. The third kappa shape index (κ3) is 6.27. The highest BCUT2D eigenvalue weighted by Crippen LogP contribution is 2.24. The molecule has 0 aliphatic heterocycles. The highest BCUT2D eigenvalue weighted by molar-refractivity contribution is 14.0. The third-order valence-corrected chi connectivity index (χ3v) is 5.27. The molecule has 0 atom stereocenters. The molecule has 0 aliphatic rings. The van der Waals surface area contributed by atoms with Gasteiger partial charge in [-0.05, 0) is 26.8 Å². The van der Waals surface area contributed by atoms with Gasteiger partial charge < -0.3 is 19.9 Å². The number of aliphatic imine (C=N–C) groups is 1. The van der Waals surface area contributed by atoms with E-state index in [9.17, 15) is 0 Å². The molecule has 0 fully saturated rings. The summed E-state index contributed by atoms with van der Waals surface area (Å²) < 4.78 is 8.97. The van der Waals surface area contributed by atoms with Crippen LogP contribution >= 0.6 is 47.2 Å². The molecule has 0 aromatic carbocycles. The van der Waals surface area contributed by atoms with E-state index in [4.69, 9.17) is 32.9 Å². The van der Waals surface area contributed by atoms with Gasteiger partial charge >= 0.3 is 0 Å². The second-order valence-electron chi connectivity index (χ2n) is 6.25. The molecule has 0 unspecified atom stereocenters. The van der Waals surface area contributed by atoms with E-state index in [1.807, 2.05) is 36.2 Å². The Bertz CT molecular complexity index is 803. The Morgan fingerprint density at radius 2 is 2.00 bits per heavy atom. The maximum atomic E-state index is 6.13. The number of rotatable bonds is 8. The van der Waals surface area contributed by atoms with Crippen LogP contribution in [0.3, 0.4) is 0 Å². The minimum absolute atomic E-state index is 0. The first-order valence-electron chi connectivity index (χ1n) is 8.92. The SMILES string of the molecule is CCNC(=NCc1c(C)nn(CCOC)c1C)NCc1cc(Cl)c(Cl)n1C.I. The van der Waals surface area contributed by atoms with Crippen molar-refractivity contribution in [3.63, 3.8) is 0 Å². The van der Waals surface area contributed by atoms with Gasteiger partial charge in [-0.15, -0.1) is 24.0 Å². The Balaban J connectivity index is 0.00000392. The smallest absolute Gasteiger partial charge is 0.191 e. The number of aromatic nitrogens is 3. The molecular formula is C18H29Cl2IN6O. The first-order valence-corrected chi connectivity index (χ1v) is 9.68. The van der Waals surface area contributed by atoms with Gasteiger partial charge in [0, 0.05) is 37.7 Å². The number of hydrogen-bond acceptors (Lipinski definition) is 3. The van der Waals surface area contributed by atoms with Crippen molar-refractivity contribution in [3.8, 4) is 0 Å². The van der Waals surface area contributed by atoms with Crippen molar-refractivity contribution in [2.24, 2.45) is 12.0 Å². The Hall–Kier alpha value is -0.970. The van der Waals surface area contributed by atoms with Crippen LogP contribution in [0.25, 0.3) is 0 Å². The zero-order valence-corrected chi connectivity index (χ0v) is 20.8. The molecule has 158 valence electrons. The van der Waals surface area contributed by atoms with E-state index in [0.29, 0.717) is 29.9 Å².